The van der Waals surface area contributed by atoms with Crippen molar-refractivity contribution < 1.29 is 18.3 Å². The Labute approximate surface area is 127 Å². The molecule has 0 aromatic heterocycles. The van der Waals surface area contributed by atoms with Gasteiger partial charge in [-0.2, -0.15) is 4.31 Å². The van der Waals surface area contributed by atoms with Gasteiger partial charge in [0.15, 0.2) is 0 Å². The number of aliphatic hydroxyl groups is 1. The first-order valence-electron chi connectivity index (χ1n) is 7.34. The first-order valence-corrected chi connectivity index (χ1v) is 8.78. The normalized spacial score (nSPS) is 12.0. The molecule has 0 unspecified atom stereocenters. The Kier molecular flexibility index (Phi) is 7.88. The van der Waals surface area contributed by atoms with E-state index < -0.39 is 10.0 Å². The van der Waals surface area contributed by atoms with Gasteiger partial charge in [-0.05, 0) is 37.5 Å². The van der Waals surface area contributed by atoms with Crippen molar-refractivity contribution >= 4 is 10.0 Å². The monoisotopic (exact) mass is 315 g/mol. The van der Waals surface area contributed by atoms with E-state index in [9.17, 15) is 8.42 Å². The molecule has 0 radical (unpaired) electrons. The maximum atomic E-state index is 12.5. The molecule has 0 aliphatic heterocycles. The number of aliphatic hydroxyl groups excluding tert-OH is 1. The molecule has 120 valence electrons. The number of hydrogen-bond donors (Lipinski definition) is 1. The highest BCUT2D eigenvalue weighted by molar-refractivity contribution is 7.89. The fourth-order valence-electron chi connectivity index (χ4n) is 2.02. The van der Waals surface area contributed by atoms with Gasteiger partial charge in [0.25, 0.3) is 0 Å². The van der Waals surface area contributed by atoms with Crippen LogP contribution in [0.15, 0.2) is 29.2 Å². The highest BCUT2D eigenvalue weighted by Gasteiger charge is 2.22. The Balaban J connectivity index is 2.79. The zero-order chi connectivity index (χ0) is 15.7. The van der Waals surface area contributed by atoms with E-state index in [4.69, 9.17) is 9.84 Å². The van der Waals surface area contributed by atoms with Crippen LogP contribution in [0.25, 0.3) is 0 Å². The molecule has 0 amide bonds. The molecule has 1 aromatic carbocycles. The van der Waals surface area contributed by atoms with E-state index in [1.54, 1.807) is 24.3 Å². The summed E-state index contributed by atoms with van der Waals surface area (Å²) >= 11 is 0. The van der Waals surface area contributed by atoms with E-state index in [-0.39, 0.29) is 6.61 Å². The van der Waals surface area contributed by atoms with Gasteiger partial charge >= 0.3 is 0 Å². The number of aryl methyl sites for hydroxylation is 1. The molecule has 0 saturated heterocycles. The van der Waals surface area contributed by atoms with E-state index in [0.29, 0.717) is 37.6 Å². The van der Waals surface area contributed by atoms with E-state index in [1.807, 2.05) is 13.8 Å². The Bertz CT molecular complexity index is 499. The molecule has 0 fully saturated rings. The van der Waals surface area contributed by atoms with Crippen LogP contribution >= 0.6 is 0 Å². The van der Waals surface area contributed by atoms with Gasteiger partial charge in [-0.1, -0.05) is 19.1 Å². The predicted octanol–water partition coefficient (Wildman–Crippen LogP) is 1.66. The molecule has 0 bridgehead atoms. The highest BCUT2D eigenvalue weighted by Crippen LogP contribution is 2.17. The van der Waals surface area contributed by atoms with Crippen molar-refractivity contribution in [2.45, 2.75) is 31.6 Å². The van der Waals surface area contributed by atoms with Gasteiger partial charge in [0.1, 0.15) is 0 Å². The van der Waals surface area contributed by atoms with Gasteiger partial charge in [0.05, 0.1) is 11.5 Å². The smallest absolute Gasteiger partial charge is 0.243 e. The van der Waals surface area contributed by atoms with Crippen LogP contribution in [0, 0.1) is 0 Å². The fourth-order valence-corrected chi connectivity index (χ4v) is 3.45. The Morgan fingerprint density at radius 2 is 1.86 bits per heavy atom. The lowest BCUT2D eigenvalue weighted by Crippen LogP contribution is -2.33. The van der Waals surface area contributed by atoms with Crippen molar-refractivity contribution in [1.29, 1.82) is 0 Å². The standard InChI is InChI=1S/C15H25NO4S/c1-3-16(11-13-20-4-2)21(18,19)15-9-7-14(8-10-15)6-5-12-17/h7-10,17H,3-6,11-13H2,1-2H3. The first-order chi connectivity index (χ1) is 10.1. The topological polar surface area (TPSA) is 66.8 Å². The molecule has 5 nitrogen and oxygen atoms in total. The molecule has 21 heavy (non-hydrogen) atoms. The van der Waals surface area contributed by atoms with Crippen LogP contribution in [0.5, 0.6) is 0 Å². The van der Waals surface area contributed by atoms with E-state index in [0.717, 1.165) is 12.0 Å². The first kappa shape index (κ1) is 18.1. The quantitative estimate of drug-likeness (QED) is 0.667. The zero-order valence-corrected chi connectivity index (χ0v) is 13.6. The SMILES string of the molecule is CCOCCN(CC)S(=O)(=O)c1ccc(CCCO)cc1. The van der Waals surface area contributed by atoms with Crippen molar-refractivity contribution in [1.82, 2.24) is 4.31 Å². The molecule has 0 atom stereocenters. The summed E-state index contributed by atoms with van der Waals surface area (Å²) in [7, 11) is -3.46. The highest BCUT2D eigenvalue weighted by atomic mass is 32.2. The van der Waals surface area contributed by atoms with Crippen LogP contribution in [0.2, 0.25) is 0 Å². The number of likely N-dealkylation sites (N-methyl/N-ethyl adjacent to an activating group) is 1. The van der Waals surface area contributed by atoms with Crippen LogP contribution < -0.4 is 0 Å². The molecule has 1 N–H and O–H groups in total. The molecule has 0 heterocycles. The van der Waals surface area contributed by atoms with Gasteiger partial charge in [-0.15, -0.1) is 0 Å². The Hall–Kier alpha value is -0.950. The average Bonchev–Trinajstić information content (AvgIpc) is 2.49. The van der Waals surface area contributed by atoms with Gasteiger partial charge < -0.3 is 9.84 Å². The molecule has 0 aliphatic carbocycles. The van der Waals surface area contributed by atoms with E-state index in [2.05, 4.69) is 0 Å². The summed E-state index contributed by atoms with van der Waals surface area (Å²) in [5.41, 5.74) is 1.03. The van der Waals surface area contributed by atoms with Crippen LogP contribution in [-0.4, -0.2) is 50.7 Å². The molecular formula is C15H25NO4S. The van der Waals surface area contributed by atoms with Crippen molar-refractivity contribution in [2.75, 3.05) is 32.9 Å². The lowest BCUT2D eigenvalue weighted by atomic mass is 10.1. The minimum absolute atomic E-state index is 0.140. The summed E-state index contributed by atoms with van der Waals surface area (Å²) in [6.07, 6.45) is 1.43. The van der Waals surface area contributed by atoms with Gasteiger partial charge in [-0.3, -0.25) is 0 Å². The lowest BCUT2D eigenvalue weighted by molar-refractivity contribution is 0.135. The molecular weight excluding hydrogens is 290 g/mol. The number of rotatable bonds is 10. The number of hydrogen-bond acceptors (Lipinski definition) is 4. The number of nitrogens with zero attached hydrogens (tertiary/aromatic N) is 1. The summed E-state index contributed by atoms with van der Waals surface area (Å²) in [5.74, 6) is 0. The van der Waals surface area contributed by atoms with Crippen molar-refractivity contribution in [3.05, 3.63) is 29.8 Å². The largest absolute Gasteiger partial charge is 0.396 e. The fraction of sp³-hybridized carbons (Fsp3) is 0.600. The van der Waals surface area contributed by atoms with Gasteiger partial charge in [-0.25, -0.2) is 8.42 Å². The summed E-state index contributed by atoms with van der Waals surface area (Å²) in [6, 6.07) is 6.87. The summed E-state index contributed by atoms with van der Waals surface area (Å²) < 4.78 is 31.7. The number of sulfonamides is 1. The second-order valence-electron chi connectivity index (χ2n) is 4.66. The molecule has 6 heteroatoms. The summed E-state index contributed by atoms with van der Waals surface area (Å²) in [5, 5.41) is 8.80. The molecule has 1 rings (SSSR count). The number of benzene rings is 1. The third-order valence-electron chi connectivity index (χ3n) is 3.23. The molecule has 0 spiro atoms. The van der Waals surface area contributed by atoms with Crippen LogP contribution in [0.1, 0.15) is 25.8 Å². The number of ether oxygens (including phenoxy) is 1. The summed E-state index contributed by atoms with van der Waals surface area (Å²) in [4.78, 5) is 0.300. The van der Waals surface area contributed by atoms with Crippen LogP contribution in [0.4, 0.5) is 0 Å². The summed E-state index contributed by atoms with van der Waals surface area (Å²) in [6.45, 7) is 5.60. The molecule has 0 aliphatic rings. The van der Waals surface area contributed by atoms with Crippen molar-refractivity contribution in [3.63, 3.8) is 0 Å². The average molecular weight is 315 g/mol. The van der Waals surface area contributed by atoms with E-state index in [1.165, 1.54) is 4.31 Å². The minimum Gasteiger partial charge on any atom is -0.396 e. The Morgan fingerprint density at radius 1 is 1.19 bits per heavy atom. The van der Waals surface area contributed by atoms with E-state index >= 15 is 0 Å². The molecule has 1 aromatic rings. The second kappa shape index (κ2) is 9.15. The van der Waals surface area contributed by atoms with Gasteiger partial charge in [0.2, 0.25) is 10.0 Å². The maximum absolute atomic E-state index is 12.5. The van der Waals surface area contributed by atoms with Crippen LogP contribution in [-0.2, 0) is 21.2 Å². The second-order valence-corrected chi connectivity index (χ2v) is 6.60. The predicted molar refractivity (Wildman–Crippen MR) is 82.8 cm³/mol. The van der Waals surface area contributed by atoms with Gasteiger partial charge in [0, 0.05) is 26.3 Å². The molecule has 0 saturated carbocycles. The van der Waals surface area contributed by atoms with Crippen molar-refractivity contribution in [3.8, 4) is 0 Å². The third-order valence-corrected chi connectivity index (χ3v) is 5.22. The third kappa shape index (κ3) is 5.39. The van der Waals surface area contributed by atoms with Crippen molar-refractivity contribution in [2.24, 2.45) is 0 Å². The maximum Gasteiger partial charge on any atom is 0.243 e. The minimum atomic E-state index is -3.46. The zero-order valence-electron chi connectivity index (χ0n) is 12.8. The Morgan fingerprint density at radius 3 is 2.38 bits per heavy atom. The lowest BCUT2D eigenvalue weighted by Gasteiger charge is -2.20. The van der Waals surface area contributed by atoms with Crippen LogP contribution in [0.3, 0.4) is 0 Å².